The van der Waals surface area contributed by atoms with Gasteiger partial charge in [0, 0.05) is 47.3 Å². The number of ketones is 1. The maximum Gasteiger partial charge on any atom is 0.335 e. The van der Waals surface area contributed by atoms with Crippen LogP contribution >= 0.6 is 0 Å². The Hall–Kier alpha value is -1.26. The second kappa shape index (κ2) is 9.07. The molecule has 0 spiro atoms. The van der Waals surface area contributed by atoms with E-state index in [0.29, 0.717) is 30.3 Å². The number of fused-ring (bicyclic) bond motifs is 5. The maximum absolute atomic E-state index is 12.5. The third-order valence-corrected chi connectivity index (χ3v) is 7.94. The van der Waals surface area contributed by atoms with Crippen LogP contribution in [0.4, 0.5) is 0 Å². The molecular formula is C24H28NaO8. The molecule has 9 heteroatoms. The molecule has 2 saturated carbocycles. The number of hydrogen-bond donors (Lipinski definition) is 4. The van der Waals surface area contributed by atoms with E-state index in [0.717, 1.165) is 24.8 Å². The van der Waals surface area contributed by atoms with Crippen LogP contribution in [0.25, 0.3) is 0 Å². The van der Waals surface area contributed by atoms with Crippen molar-refractivity contribution in [3.8, 4) is 5.75 Å². The van der Waals surface area contributed by atoms with Crippen LogP contribution in [-0.2, 0) is 20.7 Å². The normalized spacial score (nSPS) is 39.5. The van der Waals surface area contributed by atoms with E-state index in [2.05, 4.69) is 13.0 Å². The van der Waals surface area contributed by atoms with Crippen LogP contribution < -0.4 is 4.74 Å². The summed E-state index contributed by atoms with van der Waals surface area (Å²) in [7, 11) is 0. The molecule has 1 aromatic rings. The molecule has 4 aliphatic rings. The van der Waals surface area contributed by atoms with Gasteiger partial charge >= 0.3 is 5.97 Å². The Morgan fingerprint density at radius 1 is 1.15 bits per heavy atom. The zero-order chi connectivity index (χ0) is 22.8. The summed E-state index contributed by atoms with van der Waals surface area (Å²) in [6, 6.07) is 5.58. The van der Waals surface area contributed by atoms with Crippen molar-refractivity contribution in [2.75, 3.05) is 0 Å². The van der Waals surface area contributed by atoms with Crippen LogP contribution in [0, 0.1) is 11.3 Å². The van der Waals surface area contributed by atoms with Gasteiger partial charge in [-0.15, -0.1) is 0 Å². The van der Waals surface area contributed by atoms with Crippen LogP contribution in [0.15, 0.2) is 29.8 Å². The predicted molar refractivity (Wildman–Crippen MR) is 117 cm³/mol. The molecule has 0 unspecified atom stereocenters. The van der Waals surface area contributed by atoms with Gasteiger partial charge in [-0.3, -0.25) is 4.79 Å². The quantitative estimate of drug-likeness (QED) is 0.381. The predicted octanol–water partition coefficient (Wildman–Crippen LogP) is 0.922. The number of rotatable bonds is 3. The number of carboxylic acids is 1. The third kappa shape index (κ3) is 3.99. The molecule has 0 aromatic heterocycles. The number of benzene rings is 1. The fourth-order valence-corrected chi connectivity index (χ4v) is 6.08. The van der Waals surface area contributed by atoms with Gasteiger partial charge in [0.2, 0.25) is 6.29 Å². The number of carbonyl (C=O) groups is 2. The number of hydrogen-bond acceptors (Lipinski definition) is 7. The van der Waals surface area contributed by atoms with Crippen molar-refractivity contribution in [2.24, 2.45) is 11.3 Å². The molecule has 0 amide bonds. The van der Waals surface area contributed by atoms with E-state index in [1.54, 1.807) is 6.07 Å². The molecule has 33 heavy (non-hydrogen) atoms. The first-order valence-electron chi connectivity index (χ1n) is 11.2. The molecule has 173 valence electrons. The number of aliphatic hydroxyl groups is 3. The van der Waals surface area contributed by atoms with Crippen LogP contribution in [0.2, 0.25) is 0 Å². The molecule has 3 fully saturated rings. The molecular weight excluding hydrogens is 439 g/mol. The van der Waals surface area contributed by atoms with Gasteiger partial charge in [0.05, 0.1) is 0 Å². The molecule has 1 aromatic carbocycles. The Kier molecular flexibility index (Phi) is 6.83. The molecule has 3 aliphatic carbocycles. The van der Waals surface area contributed by atoms with Crippen molar-refractivity contribution in [1.29, 1.82) is 0 Å². The zero-order valence-electron chi connectivity index (χ0n) is 18.8. The van der Waals surface area contributed by atoms with Gasteiger partial charge < -0.3 is 29.9 Å². The summed E-state index contributed by atoms with van der Waals surface area (Å²) < 4.78 is 10.9. The van der Waals surface area contributed by atoms with Gasteiger partial charge in [0.1, 0.15) is 29.8 Å². The zero-order valence-corrected chi connectivity index (χ0v) is 20.8. The van der Waals surface area contributed by atoms with E-state index < -0.39 is 36.7 Å². The topological polar surface area (TPSA) is 134 Å². The second-order valence-electron chi connectivity index (χ2n) is 9.64. The molecule has 5 rings (SSSR count). The van der Waals surface area contributed by atoms with Gasteiger partial charge in [-0.05, 0) is 54.9 Å². The minimum Gasteiger partial charge on any atom is -0.479 e. The molecule has 4 N–H and O–H groups in total. The van der Waals surface area contributed by atoms with Crippen LogP contribution in [0.3, 0.4) is 0 Å². The van der Waals surface area contributed by atoms with Crippen molar-refractivity contribution in [3.63, 3.8) is 0 Å². The van der Waals surface area contributed by atoms with E-state index in [1.165, 1.54) is 11.1 Å². The molecule has 1 heterocycles. The summed E-state index contributed by atoms with van der Waals surface area (Å²) in [5.74, 6) is -0.0931. The fraction of sp³-hybridized carbons (Fsp3) is 0.583. The second-order valence-corrected chi connectivity index (χ2v) is 9.64. The summed E-state index contributed by atoms with van der Waals surface area (Å²) >= 11 is 0. The molecule has 1 radical (unpaired) electrons. The van der Waals surface area contributed by atoms with Crippen LogP contribution in [0.5, 0.6) is 5.75 Å². The summed E-state index contributed by atoms with van der Waals surface area (Å²) in [6.07, 6.45) is -1.86. The third-order valence-electron chi connectivity index (χ3n) is 7.94. The number of allylic oxidation sites excluding steroid dienone is 2. The minimum absolute atomic E-state index is 0. The number of carbonyl (C=O) groups excluding carboxylic acids is 1. The van der Waals surface area contributed by atoms with E-state index >= 15 is 0 Å². The van der Waals surface area contributed by atoms with Crippen LogP contribution in [0.1, 0.15) is 49.7 Å². The van der Waals surface area contributed by atoms with E-state index in [1.807, 2.05) is 12.1 Å². The number of Topliss-reactive ketones (excluding diaryl/α,β-unsaturated/α-hetero) is 1. The first-order chi connectivity index (χ1) is 15.2. The minimum atomic E-state index is -1.76. The summed E-state index contributed by atoms with van der Waals surface area (Å²) in [5.41, 5.74) is 3.42. The number of aliphatic carboxylic acids is 1. The summed E-state index contributed by atoms with van der Waals surface area (Å²) in [5, 5.41) is 39.2. The molecule has 1 saturated heterocycles. The molecule has 0 bridgehead atoms. The van der Waals surface area contributed by atoms with E-state index in [9.17, 15) is 30.0 Å². The van der Waals surface area contributed by atoms with Crippen molar-refractivity contribution in [2.45, 2.75) is 75.7 Å². The SMILES string of the molecule is C[C@]12CC[C@H]3C(=CCc4cc(O[C@@H]5O[C@H](C(=O)O)[C@@H](O)[C@H](O)[C@H]5O)ccc43)[C@@H]1CCC2=O.[Na]. The summed E-state index contributed by atoms with van der Waals surface area (Å²) in [6.45, 7) is 2.11. The van der Waals surface area contributed by atoms with Gasteiger partial charge in [-0.25, -0.2) is 4.79 Å². The average Bonchev–Trinajstić information content (AvgIpc) is 3.08. The Morgan fingerprint density at radius 3 is 2.64 bits per heavy atom. The van der Waals surface area contributed by atoms with E-state index in [4.69, 9.17) is 9.47 Å². The number of aliphatic hydroxyl groups excluding tert-OH is 3. The maximum atomic E-state index is 12.5. The standard InChI is InChI=1S/C24H28O8.Na/c1-24-9-8-14-13-5-3-12(10-11(13)2-4-15(14)16(24)6-7-17(24)25)31-23-20(28)18(26)19(27)21(32-23)22(29)30;/h3-5,10,14,16,18-21,23,26-28H,2,6-9H2,1H3,(H,29,30);/t14-,16+,18+,19+,20-,21+,23-,24+;/m1./s1. The Labute approximate surface area is 213 Å². The van der Waals surface area contributed by atoms with Gasteiger partial charge in [0.15, 0.2) is 6.10 Å². The molecule has 1 aliphatic heterocycles. The average molecular weight is 467 g/mol. The smallest absolute Gasteiger partial charge is 0.335 e. The van der Waals surface area contributed by atoms with Crippen molar-refractivity contribution < 1.29 is 39.5 Å². The molecule has 8 atom stereocenters. The van der Waals surface area contributed by atoms with Crippen molar-refractivity contribution in [3.05, 3.63) is 41.0 Å². The fourth-order valence-electron chi connectivity index (χ4n) is 6.08. The number of ether oxygens (including phenoxy) is 2. The van der Waals surface area contributed by atoms with Gasteiger partial charge in [0.25, 0.3) is 0 Å². The van der Waals surface area contributed by atoms with Crippen molar-refractivity contribution >= 4 is 41.3 Å². The monoisotopic (exact) mass is 467 g/mol. The van der Waals surface area contributed by atoms with Gasteiger partial charge in [-0.2, -0.15) is 0 Å². The Morgan fingerprint density at radius 2 is 1.91 bits per heavy atom. The number of carboxylic acid groups (broad SMARTS) is 1. The Balaban J connectivity index is 0.00000259. The van der Waals surface area contributed by atoms with E-state index in [-0.39, 0.29) is 40.9 Å². The first-order valence-corrected chi connectivity index (χ1v) is 11.2. The van der Waals surface area contributed by atoms with Crippen LogP contribution in [-0.4, -0.2) is 92.4 Å². The van der Waals surface area contributed by atoms with Gasteiger partial charge in [-0.1, -0.05) is 24.6 Å². The van der Waals surface area contributed by atoms with Crippen molar-refractivity contribution in [1.82, 2.24) is 0 Å². The Bertz CT molecular complexity index is 993. The molecule has 8 nitrogen and oxygen atoms in total. The first kappa shape index (κ1) is 24.9. The summed E-state index contributed by atoms with van der Waals surface area (Å²) in [4.78, 5) is 23.8. The largest absolute Gasteiger partial charge is 0.479 e.